The summed E-state index contributed by atoms with van der Waals surface area (Å²) >= 11 is 0. The van der Waals surface area contributed by atoms with Gasteiger partial charge in [0.1, 0.15) is 5.69 Å². The lowest BCUT2D eigenvalue weighted by Crippen LogP contribution is -2.46. The van der Waals surface area contributed by atoms with Gasteiger partial charge in [-0.2, -0.15) is 0 Å². The first-order valence-electron chi connectivity index (χ1n) is 6.54. The van der Waals surface area contributed by atoms with E-state index in [1.54, 1.807) is 13.1 Å². The summed E-state index contributed by atoms with van der Waals surface area (Å²) in [6, 6.07) is 4.32. The molecule has 114 valence electrons. The maximum Gasteiger partial charge on any atom is 0.293 e. The molecule has 0 spiro atoms. The molecule has 0 saturated carbocycles. The van der Waals surface area contributed by atoms with E-state index in [0.717, 1.165) is 0 Å². The van der Waals surface area contributed by atoms with Crippen molar-refractivity contribution in [3.8, 4) is 0 Å². The van der Waals surface area contributed by atoms with Gasteiger partial charge in [-0.15, -0.1) is 0 Å². The molecule has 21 heavy (non-hydrogen) atoms. The van der Waals surface area contributed by atoms with Crippen LogP contribution >= 0.6 is 0 Å². The Hall–Kier alpha value is -2.19. The number of hydrogen-bond donors (Lipinski definition) is 2. The lowest BCUT2D eigenvalue weighted by molar-refractivity contribution is -0.384. The molecule has 2 rings (SSSR count). The Kier molecular flexibility index (Phi) is 4.71. The van der Waals surface area contributed by atoms with Gasteiger partial charge in [-0.05, 0) is 12.1 Å². The first-order valence-corrected chi connectivity index (χ1v) is 6.54. The molecule has 1 atom stereocenters. The third-order valence-corrected chi connectivity index (χ3v) is 3.34. The van der Waals surface area contributed by atoms with Gasteiger partial charge >= 0.3 is 0 Å². The van der Waals surface area contributed by atoms with Crippen molar-refractivity contribution in [2.45, 2.75) is 6.10 Å². The number of ether oxygens (including phenoxy) is 1. The highest BCUT2D eigenvalue weighted by atomic mass is 16.6. The molecule has 1 aromatic carbocycles. The fraction of sp³-hybridized carbons (Fsp3) is 0.462. The molecule has 1 fully saturated rings. The quantitative estimate of drug-likeness (QED) is 0.618. The number of aliphatic hydroxyl groups is 1. The number of nitrogens with one attached hydrogen (secondary N) is 1. The molecule has 1 unspecified atom stereocenters. The summed E-state index contributed by atoms with van der Waals surface area (Å²) in [7, 11) is 1.58. The summed E-state index contributed by atoms with van der Waals surface area (Å²) in [6.45, 7) is 0.851. The van der Waals surface area contributed by atoms with E-state index in [1.165, 1.54) is 17.0 Å². The van der Waals surface area contributed by atoms with E-state index in [0.29, 0.717) is 18.8 Å². The smallest absolute Gasteiger partial charge is 0.293 e. The van der Waals surface area contributed by atoms with E-state index < -0.39 is 11.0 Å². The Morgan fingerprint density at radius 3 is 3.00 bits per heavy atom. The van der Waals surface area contributed by atoms with Gasteiger partial charge < -0.3 is 20.1 Å². The van der Waals surface area contributed by atoms with Crippen LogP contribution < -0.4 is 5.32 Å². The number of carbonyl (C=O) groups is 1. The van der Waals surface area contributed by atoms with Crippen molar-refractivity contribution >= 4 is 17.3 Å². The Morgan fingerprint density at radius 1 is 1.62 bits per heavy atom. The van der Waals surface area contributed by atoms with Crippen LogP contribution in [0.2, 0.25) is 0 Å². The average molecular weight is 295 g/mol. The molecule has 0 aromatic heterocycles. The molecule has 1 saturated heterocycles. The monoisotopic (exact) mass is 295 g/mol. The van der Waals surface area contributed by atoms with Gasteiger partial charge in [0.2, 0.25) is 0 Å². The van der Waals surface area contributed by atoms with E-state index in [4.69, 9.17) is 9.84 Å². The second-order valence-electron chi connectivity index (χ2n) is 4.67. The second kappa shape index (κ2) is 6.51. The number of benzene rings is 1. The van der Waals surface area contributed by atoms with E-state index in [-0.39, 0.29) is 30.3 Å². The van der Waals surface area contributed by atoms with Crippen LogP contribution in [0.4, 0.5) is 11.4 Å². The van der Waals surface area contributed by atoms with E-state index in [1.807, 2.05) is 0 Å². The number of morpholine rings is 1. The van der Waals surface area contributed by atoms with Gasteiger partial charge in [-0.25, -0.2) is 0 Å². The van der Waals surface area contributed by atoms with Crippen LogP contribution in [0.3, 0.4) is 0 Å². The van der Waals surface area contributed by atoms with E-state index in [2.05, 4.69) is 5.32 Å². The van der Waals surface area contributed by atoms with Gasteiger partial charge in [-0.3, -0.25) is 14.9 Å². The maximum atomic E-state index is 12.4. The van der Waals surface area contributed by atoms with Crippen LogP contribution in [0.5, 0.6) is 0 Å². The van der Waals surface area contributed by atoms with E-state index >= 15 is 0 Å². The van der Waals surface area contributed by atoms with Gasteiger partial charge in [0.25, 0.3) is 11.6 Å². The normalized spacial score (nSPS) is 18.4. The zero-order valence-electron chi connectivity index (χ0n) is 11.6. The third kappa shape index (κ3) is 3.29. The van der Waals surface area contributed by atoms with Gasteiger partial charge in [0.05, 0.1) is 24.2 Å². The molecular weight excluding hydrogens is 278 g/mol. The van der Waals surface area contributed by atoms with Crippen LogP contribution in [-0.4, -0.2) is 60.3 Å². The van der Waals surface area contributed by atoms with Crippen LogP contribution in [0.15, 0.2) is 18.2 Å². The van der Waals surface area contributed by atoms with Crippen molar-refractivity contribution in [1.29, 1.82) is 0 Å². The number of hydrogen-bond acceptors (Lipinski definition) is 6. The summed E-state index contributed by atoms with van der Waals surface area (Å²) in [4.78, 5) is 24.4. The zero-order valence-corrected chi connectivity index (χ0v) is 11.6. The molecule has 2 N–H and O–H groups in total. The number of anilines is 1. The molecule has 1 aliphatic rings. The topological polar surface area (TPSA) is 105 Å². The van der Waals surface area contributed by atoms with Gasteiger partial charge in [-0.1, -0.05) is 0 Å². The Bertz CT molecular complexity index is 549. The average Bonchev–Trinajstić information content (AvgIpc) is 2.53. The van der Waals surface area contributed by atoms with Crippen molar-refractivity contribution in [1.82, 2.24) is 4.90 Å². The predicted octanol–water partition coefficient (Wildman–Crippen LogP) is 0.470. The number of nitro benzene ring substituents is 1. The molecule has 8 heteroatoms. The summed E-state index contributed by atoms with van der Waals surface area (Å²) in [5, 5.41) is 22.8. The summed E-state index contributed by atoms with van der Waals surface area (Å²) < 4.78 is 5.28. The van der Waals surface area contributed by atoms with Crippen molar-refractivity contribution in [2.75, 3.05) is 38.7 Å². The second-order valence-corrected chi connectivity index (χ2v) is 4.67. The van der Waals surface area contributed by atoms with Crippen LogP contribution in [-0.2, 0) is 4.74 Å². The van der Waals surface area contributed by atoms with Crippen molar-refractivity contribution in [2.24, 2.45) is 0 Å². The van der Waals surface area contributed by atoms with Crippen molar-refractivity contribution in [3.63, 3.8) is 0 Å². The largest absolute Gasteiger partial charge is 0.394 e. The zero-order chi connectivity index (χ0) is 15.4. The summed E-state index contributed by atoms with van der Waals surface area (Å²) in [6.07, 6.45) is -0.408. The van der Waals surface area contributed by atoms with E-state index in [9.17, 15) is 14.9 Å². The molecule has 0 bridgehead atoms. The third-order valence-electron chi connectivity index (χ3n) is 3.34. The fourth-order valence-electron chi connectivity index (χ4n) is 2.22. The highest BCUT2D eigenvalue weighted by Gasteiger charge is 2.26. The minimum Gasteiger partial charge on any atom is -0.394 e. The fourth-order valence-corrected chi connectivity index (χ4v) is 2.22. The van der Waals surface area contributed by atoms with Crippen molar-refractivity contribution in [3.05, 3.63) is 33.9 Å². The Morgan fingerprint density at radius 2 is 2.38 bits per heavy atom. The minimum absolute atomic E-state index is 0.143. The molecule has 0 aliphatic carbocycles. The number of nitrogens with zero attached hydrogens (tertiary/aromatic N) is 2. The maximum absolute atomic E-state index is 12.4. The number of aliphatic hydroxyl groups excluding tert-OH is 1. The molecule has 1 heterocycles. The first-order chi connectivity index (χ1) is 10.1. The van der Waals surface area contributed by atoms with Gasteiger partial charge in [0.15, 0.2) is 0 Å². The Balaban J connectivity index is 2.23. The molecule has 1 amide bonds. The van der Waals surface area contributed by atoms with Crippen molar-refractivity contribution < 1.29 is 19.6 Å². The lowest BCUT2D eigenvalue weighted by atomic mass is 10.1. The summed E-state index contributed by atoms with van der Waals surface area (Å²) in [5.74, 6) is -0.303. The first kappa shape index (κ1) is 15.2. The number of nitro groups is 1. The van der Waals surface area contributed by atoms with Gasteiger partial charge in [0, 0.05) is 31.8 Å². The minimum atomic E-state index is -0.529. The molecule has 1 aliphatic heterocycles. The SMILES string of the molecule is CNc1ccc(C(=O)N2CCOC(CO)C2)cc1[N+](=O)[O-]. The van der Waals surface area contributed by atoms with Crippen LogP contribution in [0.25, 0.3) is 0 Å². The highest BCUT2D eigenvalue weighted by molar-refractivity contribution is 5.95. The lowest BCUT2D eigenvalue weighted by Gasteiger charge is -2.32. The molecular formula is C13H17N3O5. The molecule has 1 aromatic rings. The number of carbonyl (C=O) groups excluding carboxylic acids is 1. The predicted molar refractivity (Wildman–Crippen MR) is 75.4 cm³/mol. The highest BCUT2D eigenvalue weighted by Crippen LogP contribution is 2.26. The van der Waals surface area contributed by atoms with Crippen LogP contribution in [0.1, 0.15) is 10.4 Å². The Labute approximate surface area is 121 Å². The standard InChI is InChI=1S/C13H17N3O5/c1-14-11-3-2-9(6-12(11)16(19)20)13(18)15-4-5-21-10(7-15)8-17/h2-3,6,10,14,17H,4-5,7-8H2,1H3. The molecule has 0 radical (unpaired) electrons. The van der Waals surface area contributed by atoms with Crippen LogP contribution in [0, 0.1) is 10.1 Å². The number of amides is 1. The number of rotatable bonds is 4. The molecule has 8 nitrogen and oxygen atoms in total. The summed E-state index contributed by atoms with van der Waals surface area (Å²) in [5.41, 5.74) is 0.460.